The van der Waals surface area contributed by atoms with Gasteiger partial charge in [-0.1, -0.05) is 20.8 Å². The van der Waals surface area contributed by atoms with E-state index in [1.807, 2.05) is 24.3 Å². The van der Waals surface area contributed by atoms with Gasteiger partial charge >= 0.3 is 0 Å². The Bertz CT molecular complexity index is 880. The van der Waals surface area contributed by atoms with Crippen LogP contribution in [0.1, 0.15) is 54.3 Å². The van der Waals surface area contributed by atoms with Gasteiger partial charge in [-0.15, -0.1) is 0 Å². The highest BCUT2D eigenvalue weighted by Gasteiger charge is 2.19. The summed E-state index contributed by atoms with van der Waals surface area (Å²) in [7, 11) is 0. The number of carbonyl (C=O) groups is 2. The van der Waals surface area contributed by atoms with Crippen molar-refractivity contribution in [2.75, 3.05) is 13.1 Å². The summed E-state index contributed by atoms with van der Waals surface area (Å²) in [6, 6.07) is 13.9. The molecule has 0 aliphatic heterocycles. The molecule has 2 bridgehead atoms. The average Bonchev–Trinajstić information content (AvgIpc) is 3.28. The number of rotatable bonds is 7. The lowest BCUT2D eigenvalue weighted by Gasteiger charge is -2.26. The van der Waals surface area contributed by atoms with E-state index < -0.39 is 5.91 Å². The first kappa shape index (κ1) is 22.6. The van der Waals surface area contributed by atoms with Gasteiger partial charge in [0, 0.05) is 22.2 Å². The Morgan fingerprint density at radius 3 is 1.83 bits per heavy atom. The standard InChI is InChI=1S/C14H10N2O2.C9H22N2/c15-13(17)9-1-3-10(4-2-9)14(18)16-11-5-6-12(16)8-7-11;1-8(7-11)6-9(2,3)4-5-10/h1-8H,(H2,15,17);8H,4-7,10-11H2,1-3H3. The summed E-state index contributed by atoms with van der Waals surface area (Å²) in [5.41, 5.74) is 19.2. The van der Waals surface area contributed by atoms with Gasteiger partial charge in [-0.2, -0.15) is 0 Å². The van der Waals surface area contributed by atoms with E-state index in [0.29, 0.717) is 22.5 Å². The third-order valence-electron chi connectivity index (χ3n) is 5.11. The molecule has 1 unspecified atom stereocenters. The van der Waals surface area contributed by atoms with Crippen LogP contribution in [0.2, 0.25) is 0 Å². The molecule has 0 saturated heterocycles. The summed E-state index contributed by atoms with van der Waals surface area (Å²) >= 11 is 0. The first-order valence-corrected chi connectivity index (χ1v) is 9.93. The highest BCUT2D eigenvalue weighted by atomic mass is 16.2. The summed E-state index contributed by atoms with van der Waals surface area (Å²) in [5.74, 6) is 0.0184. The number of primary amides is 1. The second kappa shape index (κ2) is 9.67. The maximum absolute atomic E-state index is 12.3. The summed E-state index contributed by atoms with van der Waals surface area (Å²) in [6.45, 7) is 8.27. The van der Waals surface area contributed by atoms with Crippen LogP contribution in [0.3, 0.4) is 0 Å². The number of nitrogens with zero attached hydrogens (tertiary/aromatic N) is 1. The third kappa shape index (κ3) is 5.89. The number of aromatic nitrogens is 1. The van der Waals surface area contributed by atoms with E-state index in [1.54, 1.807) is 28.8 Å². The molecule has 1 amide bonds. The number of hydrogen-bond acceptors (Lipinski definition) is 4. The van der Waals surface area contributed by atoms with Crippen molar-refractivity contribution in [3.63, 3.8) is 0 Å². The average molecular weight is 397 g/mol. The summed E-state index contributed by atoms with van der Waals surface area (Å²) in [5, 5.41) is 0. The van der Waals surface area contributed by atoms with Gasteiger partial charge in [0.25, 0.3) is 5.91 Å². The van der Waals surface area contributed by atoms with Crippen LogP contribution in [0.15, 0.2) is 48.5 Å². The SMILES string of the molecule is CC(CN)CC(C)(C)CCN.NC(=O)c1ccc(C(=O)n2c3ccc2cc3)cc1. The van der Waals surface area contributed by atoms with E-state index in [4.69, 9.17) is 17.2 Å². The zero-order valence-corrected chi connectivity index (χ0v) is 17.5. The molecule has 0 radical (unpaired) electrons. The second-order valence-corrected chi connectivity index (χ2v) is 8.35. The summed E-state index contributed by atoms with van der Waals surface area (Å²) in [4.78, 5) is 23.2. The minimum absolute atomic E-state index is 0.106. The predicted octanol–water partition coefficient (Wildman–Crippen LogP) is 3.21. The lowest BCUT2D eigenvalue weighted by Crippen LogP contribution is -2.23. The quantitative estimate of drug-likeness (QED) is 0.568. The Morgan fingerprint density at radius 2 is 1.41 bits per heavy atom. The highest BCUT2D eigenvalue weighted by molar-refractivity contribution is 6.03. The van der Waals surface area contributed by atoms with Gasteiger partial charge in [0.2, 0.25) is 5.91 Å². The number of hydrogen-bond donors (Lipinski definition) is 3. The molecule has 6 N–H and O–H groups in total. The fraction of sp³-hybridized carbons (Fsp3) is 0.391. The van der Waals surface area contributed by atoms with Crippen molar-refractivity contribution in [2.24, 2.45) is 28.5 Å². The van der Waals surface area contributed by atoms with Gasteiger partial charge in [0.15, 0.2) is 0 Å². The van der Waals surface area contributed by atoms with E-state index >= 15 is 0 Å². The molecule has 6 heteroatoms. The van der Waals surface area contributed by atoms with E-state index in [9.17, 15) is 9.59 Å². The number of nitrogens with two attached hydrogens (primary N) is 3. The van der Waals surface area contributed by atoms with Gasteiger partial charge in [-0.25, -0.2) is 0 Å². The molecular weight excluding hydrogens is 364 g/mol. The van der Waals surface area contributed by atoms with Crippen LogP contribution in [0.4, 0.5) is 0 Å². The van der Waals surface area contributed by atoms with Gasteiger partial charge < -0.3 is 17.2 Å². The number of benzene rings is 2. The van der Waals surface area contributed by atoms with Gasteiger partial charge in [0.05, 0.1) is 0 Å². The Hall–Kier alpha value is -2.70. The first-order valence-electron chi connectivity index (χ1n) is 9.93. The molecular formula is C23H32N4O2. The fourth-order valence-corrected chi connectivity index (χ4v) is 3.56. The molecule has 0 aliphatic carbocycles. The molecule has 1 atom stereocenters. The van der Waals surface area contributed by atoms with Crippen molar-refractivity contribution < 1.29 is 9.59 Å². The maximum Gasteiger partial charge on any atom is 0.262 e. The topological polar surface area (TPSA) is 117 Å². The van der Waals surface area contributed by atoms with E-state index in [0.717, 1.165) is 30.5 Å². The molecule has 0 aliphatic rings. The van der Waals surface area contributed by atoms with Crippen molar-refractivity contribution in [3.8, 4) is 0 Å². The van der Waals surface area contributed by atoms with Crippen LogP contribution < -0.4 is 17.2 Å². The number of carbonyl (C=O) groups excluding carboxylic acids is 2. The molecule has 1 aromatic carbocycles. The van der Waals surface area contributed by atoms with Gasteiger partial charge in [-0.05, 0) is 85.8 Å². The first-order chi connectivity index (χ1) is 13.7. The minimum Gasteiger partial charge on any atom is -0.366 e. The molecule has 29 heavy (non-hydrogen) atoms. The number of fused-ring (bicyclic) bond motifs is 2. The summed E-state index contributed by atoms with van der Waals surface area (Å²) in [6.07, 6.45) is 2.28. The van der Waals surface area contributed by atoms with Crippen molar-refractivity contribution >= 4 is 22.8 Å². The van der Waals surface area contributed by atoms with Crippen molar-refractivity contribution in [1.29, 1.82) is 0 Å². The van der Waals surface area contributed by atoms with Crippen LogP contribution in [0.25, 0.3) is 11.0 Å². The number of amides is 1. The van der Waals surface area contributed by atoms with Crippen LogP contribution in [0.5, 0.6) is 0 Å². The van der Waals surface area contributed by atoms with E-state index in [2.05, 4.69) is 20.8 Å². The highest BCUT2D eigenvalue weighted by Crippen LogP contribution is 2.27. The monoisotopic (exact) mass is 396 g/mol. The lowest BCUT2D eigenvalue weighted by atomic mass is 9.81. The Kier molecular flexibility index (Phi) is 7.53. The largest absolute Gasteiger partial charge is 0.366 e. The Labute approximate surface area is 172 Å². The molecule has 3 aromatic rings. The normalized spacial score (nSPS) is 12.4. The molecule has 0 fully saturated rings. The molecule has 0 saturated carbocycles. The fourth-order valence-electron chi connectivity index (χ4n) is 3.56. The van der Waals surface area contributed by atoms with Crippen molar-refractivity contribution in [3.05, 3.63) is 59.7 Å². The van der Waals surface area contributed by atoms with Crippen LogP contribution >= 0.6 is 0 Å². The minimum atomic E-state index is -0.498. The molecule has 6 nitrogen and oxygen atoms in total. The second-order valence-electron chi connectivity index (χ2n) is 8.35. The molecule has 3 rings (SSSR count). The smallest absolute Gasteiger partial charge is 0.262 e. The third-order valence-corrected chi connectivity index (χ3v) is 5.11. The van der Waals surface area contributed by atoms with Crippen molar-refractivity contribution in [1.82, 2.24) is 4.57 Å². The molecule has 2 heterocycles. The predicted molar refractivity (Wildman–Crippen MR) is 118 cm³/mol. The molecule has 156 valence electrons. The van der Waals surface area contributed by atoms with E-state index in [-0.39, 0.29) is 5.91 Å². The Morgan fingerprint density at radius 1 is 0.931 bits per heavy atom. The Balaban J connectivity index is 0.000000237. The zero-order valence-electron chi connectivity index (χ0n) is 17.5. The van der Waals surface area contributed by atoms with Crippen molar-refractivity contribution in [2.45, 2.75) is 33.6 Å². The van der Waals surface area contributed by atoms with Gasteiger partial charge in [0.1, 0.15) is 0 Å². The molecule has 0 spiro atoms. The van der Waals surface area contributed by atoms with Crippen LogP contribution in [-0.2, 0) is 0 Å². The maximum atomic E-state index is 12.3. The lowest BCUT2D eigenvalue weighted by molar-refractivity contribution is 0.0965. The van der Waals surface area contributed by atoms with Gasteiger partial charge in [-0.3, -0.25) is 14.2 Å². The zero-order chi connectivity index (χ0) is 21.6. The summed E-state index contributed by atoms with van der Waals surface area (Å²) < 4.78 is 1.64. The van der Waals surface area contributed by atoms with Crippen LogP contribution in [-0.4, -0.2) is 29.5 Å². The van der Waals surface area contributed by atoms with Crippen LogP contribution in [0, 0.1) is 11.3 Å². The molecule has 2 aromatic heterocycles. The van der Waals surface area contributed by atoms with E-state index in [1.165, 1.54) is 6.42 Å².